The highest BCUT2D eigenvalue weighted by molar-refractivity contribution is 14.0. The second kappa shape index (κ2) is 10.3. The fraction of sp³-hybridized carbons (Fsp3) is 0.440. The molecule has 5 rings (SSSR count). The van der Waals surface area contributed by atoms with Crippen LogP contribution in [0.4, 0.5) is 0 Å². The Morgan fingerprint density at radius 3 is 2.44 bits per heavy atom. The van der Waals surface area contributed by atoms with E-state index in [2.05, 4.69) is 27.9 Å². The Bertz CT molecular complexity index is 1100. The average Bonchev–Trinajstić information content (AvgIpc) is 3.59. The van der Waals surface area contributed by atoms with Crippen molar-refractivity contribution in [3.8, 4) is 5.69 Å². The summed E-state index contributed by atoms with van der Waals surface area (Å²) in [6, 6.07) is 10.0. The lowest BCUT2D eigenvalue weighted by atomic mass is 9.85. The van der Waals surface area contributed by atoms with Crippen LogP contribution in [-0.2, 0) is 16.1 Å². The van der Waals surface area contributed by atoms with Gasteiger partial charge in [0.2, 0.25) is 11.8 Å². The minimum Gasteiger partial charge on any atom is -0.357 e. The zero-order valence-corrected chi connectivity index (χ0v) is 21.8. The maximum absolute atomic E-state index is 12.9. The molecule has 2 heterocycles. The van der Waals surface area contributed by atoms with Crippen molar-refractivity contribution in [2.75, 3.05) is 19.6 Å². The molecule has 34 heavy (non-hydrogen) atoms. The molecule has 1 aromatic carbocycles. The summed E-state index contributed by atoms with van der Waals surface area (Å²) < 4.78 is 1.87. The Kier molecular flexibility index (Phi) is 7.39. The highest BCUT2D eigenvalue weighted by atomic mass is 127. The number of halogens is 1. The number of benzene rings is 1. The number of hydrogen-bond donors (Lipinski definition) is 2. The molecule has 1 saturated carbocycles. The SMILES string of the molecule is CCNC(=NCc1ccccc1-n1ccc(C)n1)NCCN1C(=O)C2C3C=CC(C3)C2C1=O.I. The molecule has 2 bridgehead atoms. The number of carbonyl (C=O) groups excluding carboxylic acids is 2. The number of rotatable bonds is 7. The molecule has 4 unspecified atom stereocenters. The molecule has 3 aliphatic rings. The van der Waals surface area contributed by atoms with Crippen molar-refractivity contribution < 1.29 is 9.59 Å². The number of amides is 2. The lowest BCUT2D eigenvalue weighted by molar-refractivity contribution is -0.140. The summed E-state index contributed by atoms with van der Waals surface area (Å²) in [7, 11) is 0. The van der Waals surface area contributed by atoms with Crippen molar-refractivity contribution >= 4 is 41.8 Å². The van der Waals surface area contributed by atoms with Crippen LogP contribution in [0, 0.1) is 30.6 Å². The van der Waals surface area contributed by atoms with Crippen molar-refractivity contribution in [1.82, 2.24) is 25.3 Å². The maximum Gasteiger partial charge on any atom is 0.233 e. The van der Waals surface area contributed by atoms with Gasteiger partial charge in [0.25, 0.3) is 0 Å². The molecule has 1 aromatic heterocycles. The predicted molar refractivity (Wildman–Crippen MR) is 141 cm³/mol. The monoisotopic (exact) mass is 574 g/mol. The van der Waals surface area contributed by atoms with Gasteiger partial charge in [-0.25, -0.2) is 9.67 Å². The van der Waals surface area contributed by atoms with Crippen LogP contribution >= 0.6 is 24.0 Å². The predicted octanol–water partition coefficient (Wildman–Crippen LogP) is 2.66. The number of imide groups is 1. The van der Waals surface area contributed by atoms with E-state index in [0.717, 1.165) is 23.4 Å². The number of hydrogen-bond acceptors (Lipinski definition) is 4. The van der Waals surface area contributed by atoms with Gasteiger partial charge in [-0.2, -0.15) is 5.10 Å². The number of nitrogens with one attached hydrogen (secondary N) is 2. The summed E-state index contributed by atoms with van der Waals surface area (Å²) in [5, 5.41) is 11.0. The molecule has 0 spiro atoms. The number of aromatic nitrogens is 2. The van der Waals surface area contributed by atoms with Crippen LogP contribution in [0.15, 0.2) is 53.7 Å². The van der Waals surface area contributed by atoms with E-state index < -0.39 is 0 Å². The highest BCUT2D eigenvalue weighted by Crippen LogP contribution is 2.52. The van der Waals surface area contributed by atoms with E-state index in [0.29, 0.717) is 32.1 Å². The summed E-state index contributed by atoms with van der Waals surface area (Å²) in [6.07, 6.45) is 7.15. The number of allylic oxidation sites excluding steroid dienone is 2. The Morgan fingerprint density at radius 2 is 1.79 bits per heavy atom. The topological polar surface area (TPSA) is 91.6 Å². The molecule has 2 aromatic rings. The lowest BCUT2D eigenvalue weighted by Gasteiger charge is -2.18. The first-order chi connectivity index (χ1) is 16.1. The van der Waals surface area contributed by atoms with Crippen molar-refractivity contribution in [2.45, 2.75) is 26.8 Å². The summed E-state index contributed by atoms with van der Waals surface area (Å²) in [5.74, 6) is 0.848. The van der Waals surface area contributed by atoms with Crippen LogP contribution in [0.3, 0.4) is 0 Å². The summed E-state index contributed by atoms with van der Waals surface area (Å²) in [4.78, 5) is 31.9. The first kappa shape index (κ1) is 24.4. The lowest BCUT2D eigenvalue weighted by Crippen LogP contribution is -2.43. The number of likely N-dealkylation sites (tertiary alicyclic amines) is 1. The van der Waals surface area contributed by atoms with Crippen LogP contribution in [0.1, 0.15) is 24.6 Å². The number of aliphatic imine (C=N–C) groups is 1. The average molecular weight is 574 g/mol. The molecule has 180 valence electrons. The smallest absolute Gasteiger partial charge is 0.233 e. The van der Waals surface area contributed by atoms with Crippen LogP contribution in [0.5, 0.6) is 0 Å². The zero-order valence-electron chi connectivity index (χ0n) is 19.5. The molecular weight excluding hydrogens is 543 g/mol. The molecule has 4 atom stereocenters. The Morgan fingerprint density at radius 1 is 1.09 bits per heavy atom. The molecule has 2 fully saturated rings. The van der Waals surface area contributed by atoms with Crippen molar-refractivity contribution in [1.29, 1.82) is 0 Å². The van der Waals surface area contributed by atoms with Gasteiger partial charge in [0.15, 0.2) is 5.96 Å². The normalized spacial score (nSPS) is 25.0. The van der Waals surface area contributed by atoms with E-state index in [-0.39, 0.29) is 59.5 Å². The third kappa shape index (κ3) is 4.49. The molecule has 9 heteroatoms. The van der Waals surface area contributed by atoms with Crippen molar-refractivity contribution in [2.24, 2.45) is 28.7 Å². The van der Waals surface area contributed by atoms with E-state index >= 15 is 0 Å². The Balaban J connectivity index is 0.00000274. The largest absolute Gasteiger partial charge is 0.357 e. The third-order valence-electron chi connectivity index (χ3n) is 6.90. The number of fused-ring (bicyclic) bond motifs is 5. The first-order valence-electron chi connectivity index (χ1n) is 11.7. The van der Waals surface area contributed by atoms with Gasteiger partial charge in [0.1, 0.15) is 0 Å². The summed E-state index contributed by atoms with van der Waals surface area (Å²) in [6.45, 7) is 5.99. The molecule has 0 radical (unpaired) electrons. The van der Waals surface area contributed by atoms with Gasteiger partial charge >= 0.3 is 0 Å². The van der Waals surface area contributed by atoms with E-state index in [1.807, 2.05) is 55.1 Å². The van der Waals surface area contributed by atoms with E-state index in [4.69, 9.17) is 4.99 Å². The van der Waals surface area contributed by atoms with Gasteiger partial charge in [-0.3, -0.25) is 14.5 Å². The van der Waals surface area contributed by atoms with Gasteiger partial charge in [-0.1, -0.05) is 30.4 Å². The van der Waals surface area contributed by atoms with Crippen molar-refractivity contribution in [3.63, 3.8) is 0 Å². The zero-order chi connectivity index (χ0) is 22.9. The molecule has 1 aliphatic heterocycles. The quantitative estimate of drug-likeness (QED) is 0.175. The fourth-order valence-corrected chi connectivity index (χ4v) is 5.39. The van der Waals surface area contributed by atoms with Crippen LogP contribution < -0.4 is 10.6 Å². The molecule has 2 N–H and O–H groups in total. The molecule has 8 nitrogen and oxygen atoms in total. The van der Waals surface area contributed by atoms with E-state index in [1.165, 1.54) is 4.90 Å². The van der Waals surface area contributed by atoms with Crippen LogP contribution in [-0.4, -0.2) is 52.1 Å². The highest BCUT2D eigenvalue weighted by Gasteiger charge is 2.58. The Labute approximate surface area is 216 Å². The van der Waals surface area contributed by atoms with Gasteiger partial charge in [-0.05, 0) is 49.8 Å². The number of nitrogens with zero attached hydrogens (tertiary/aromatic N) is 4. The fourth-order valence-electron chi connectivity index (χ4n) is 5.39. The molecule has 2 aliphatic carbocycles. The second-order valence-corrected chi connectivity index (χ2v) is 8.98. The van der Waals surface area contributed by atoms with E-state index in [9.17, 15) is 9.59 Å². The molecular formula is C25H31IN6O2. The minimum absolute atomic E-state index is 0. The number of para-hydroxylation sites is 1. The molecule has 1 saturated heterocycles. The van der Waals surface area contributed by atoms with Gasteiger partial charge in [0, 0.05) is 25.8 Å². The standard InChI is InChI=1S/C25H30N6O2.HI/c1-3-26-25(28-15-19-6-4-5-7-20(19)31-12-10-16(2)29-31)27-11-13-30-23(32)21-17-8-9-18(14-17)22(21)24(30)33;/h4-10,12,17-18,21-22H,3,11,13-15H2,1-2H3,(H2,26,27,28);1H. The third-order valence-corrected chi connectivity index (χ3v) is 6.90. The first-order valence-corrected chi connectivity index (χ1v) is 11.7. The number of guanidine groups is 1. The molecule has 2 amide bonds. The van der Waals surface area contributed by atoms with Gasteiger partial charge in [-0.15, -0.1) is 24.0 Å². The van der Waals surface area contributed by atoms with Crippen molar-refractivity contribution in [3.05, 3.63) is 59.9 Å². The van der Waals surface area contributed by atoms with Gasteiger partial charge in [0.05, 0.1) is 29.8 Å². The second-order valence-electron chi connectivity index (χ2n) is 8.98. The number of aryl methyl sites for hydroxylation is 1. The number of carbonyl (C=O) groups is 2. The van der Waals surface area contributed by atoms with Crippen LogP contribution in [0.2, 0.25) is 0 Å². The minimum atomic E-state index is -0.142. The van der Waals surface area contributed by atoms with E-state index in [1.54, 1.807) is 0 Å². The Hall–Kier alpha value is -2.69. The summed E-state index contributed by atoms with van der Waals surface area (Å²) >= 11 is 0. The van der Waals surface area contributed by atoms with Crippen LogP contribution in [0.25, 0.3) is 5.69 Å². The van der Waals surface area contributed by atoms with Gasteiger partial charge < -0.3 is 10.6 Å². The maximum atomic E-state index is 12.9. The summed E-state index contributed by atoms with van der Waals surface area (Å²) in [5.41, 5.74) is 3.01.